The molecule has 1 heterocycles. The molecule has 0 aliphatic heterocycles. The summed E-state index contributed by atoms with van der Waals surface area (Å²) in [5.74, 6) is -1.06. The minimum absolute atomic E-state index is 0.0194. The van der Waals surface area contributed by atoms with Crippen molar-refractivity contribution in [2.75, 3.05) is 16.4 Å². The standard InChI is InChI=1S/C23H17ClFN3O2S2/c1-13-6-7-14(10-17(13)24)26-21(29)12-31-23-28-19-9-8-15(11-20(19)32-23)27-22(30)16-4-2-3-5-18(16)25/h2-11H,12H2,1H3,(H,26,29)(H,27,30). The van der Waals surface area contributed by atoms with Crippen molar-refractivity contribution < 1.29 is 14.0 Å². The van der Waals surface area contributed by atoms with Crippen molar-refractivity contribution in [1.82, 2.24) is 4.98 Å². The van der Waals surface area contributed by atoms with Gasteiger partial charge in [-0.25, -0.2) is 9.37 Å². The molecule has 0 fully saturated rings. The van der Waals surface area contributed by atoms with Crippen molar-refractivity contribution in [3.63, 3.8) is 0 Å². The lowest BCUT2D eigenvalue weighted by Gasteiger charge is -2.06. The molecule has 0 aliphatic carbocycles. The lowest BCUT2D eigenvalue weighted by Crippen LogP contribution is -2.13. The molecule has 2 amide bonds. The van der Waals surface area contributed by atoms with E-state index in [1.54, 1.807) is 36.4 Å². The summed E-state index contributed by atoms with van der Waals surface area (Å²) >= 11 is 8.83. The van der Waals surface area contributed by atoms with Crippen LogP contribution in [0.15, 0.2) is 65.0 Å². The molecule has 162 valence electrons. The zero-order valence-electron chi connectivity index (χ0n) is 16.8. The normalized spacial score (nSPS) is 10.8. The third-order valence-corrected chi connectivity index (χ3v) is 7.10. The van der Waals surface area contributed by atoms with Gasteiger partial charge in [0.1, 0.15) is 5.82 Å². The van der Waals surface area contributed by atoms with E-state index in [1.165, 1.54) is 41.3 Å². The van der Waals surface area contributed by atoms with Gasteiger partial charge in [-0.3, -0.25) is 9.59 Å². The van der Waals surface area contributed by atoms with Crippen molar-refractivity contribution in [3.05, 3.63) is 82.6 Å². The number of nitrogens with one attached hydrogen (secondary N) is 2. The second kappa shape index (κ2) is 9.68. The van der Waals surface area contributed by atoms with Crippen LogP contribution in [-0.2, 0) is 4.79 Å². The Bertz CT molecular complexity index is 1330. The number of amides is 2. The maximum atomic E-state index is 13.8. The third-order valence-electron chi connectivity index (χ3n) is 4.53. The molecule has 4 rings (SSSR count). The number of carbonyl (C=O) groups is 2. The molecule has 2 N–H and O–H groups in total. The fourth-order valence-corrected chi connectivity index (χ4v) is 4.97. The molecular formula is C23H17ClFN3O2S2. The molecule has 1 aromatic heterocycles. The monoisotopic (exact) mass is 485 g/mol. The highest BCUT2D eigenvalue weighted by atomic mass is 35.5. The summed E-state index contributed by atoms with van der Waals surface area (Å²) in [5.41, 5.74) is 2.87. The van der Waals surface area contributed by atoms with Crippen LogP contribution in [0.25, 0.3) is 10.2 Å². The average Bonchev–Trinajstić information content (AvgIpc) is 3.17. The molecular weight excluding hydrogens is 469 g/mol. The first-order valence-electron chi connectivity index (χ1n) is 9.54. The molecule has 0 saturated heterocycles. The summed E-state index contributed by atoms with van der Waals surface area (Å²) in [6.45, 7) is 1.90. The highest BCUT2D eigenvalue weighted by molar-refractivity contribution is 8.01. The Morgan fingerprint density at radius 1 is 1.06 bits per heavy atom. The number of thiazole rings is 1. The summed E-state index contributed by atoms with van der Waals surface area (Å²) in [4.78, 5) is 29.1. The zero-order chi connectivity index (χ0) is 22.7. The van der Waals surface area contributed by atoms with Gasteiger partial charge in [0.15, 0.2) is 4.34 Å². The van der Waals surface area contributed by atoms with Gasteiger partial charge in [-0.15, -0.1) is 11.3 Å². The second-order valence-corrected chi connectivity index (χ2v) is 9.56. The maximum absolute atomic E-state index is 13.8. The van der Waals surface area contributed by atoms with Gasteiger partial charge in [0.25, 0.3) is 5.91 Å². The zero-order valence-corrected chi connectivity index (χ0v) is 19.2. The molecule has 0 aliphatic rings. The summed E-state index contributed by atoms with van der Waals surface area (Å²) in [5, 5.41) is 6.12. The number of hydrogen-bond donors (Lipinski definition) is 2. The van der Waals surface area contributed by atoms with Gasteiger partial charge in [-0.1, -0.05) is 41.6 Å². The van der Waals surface area contributed by atoms with Crippen LogP contribution >= 0.6 is 34.7 Å². The van der Waals surface area contributed by atoms with Gasteiger partial charge in [0, 0.05) is 16.4 Å². The maximum Gasteiger partial charge on any atom is 0.258 e. The van der Waals surface area contributed by atoms with E-state index < -0.39 is 11.7 Å². The van der Waals surface area contributed by atoms with Gasteiger partial charge < -0.3 is 10.6 Å². The van der Waals surface area contributed by atoms with Crippen molar-refractivity contribution in [2.24, 2.45) is 0 Å². The Balaban J connectivity index is 1.39. The van der Waals surface area contributed by atoms with Crippen LogP contribution in [0.4, 0.5) is 15.8 Å². The fourth-order valence-electron chi connectivity index (χ4n) is 2.88. The summed E-state index contributed by atoms with van der Waals surface area (Å²) in [7, 11) is 0. The van der Waals surface area contributed by atoms with E-state index in [4.69, 9.17) is 11.6 Å². The van der Waals surface area contributed by atoms with Gasteiger partial charge in [0.05, 0.1) is 21.5 Å². The number of aryl methyl sites for hydroxylation is 1. The molecule has 9 heteroatoms. The van der Waals surface area contributed by atoms with Crippen LogP contribution in [0.5, 0.6) is 0 Å². The fraction of sp³-hybridized carbons (Fsp3) is 0.0870. The Labute approximate surface area is 197 Å². The number of anilines is 2. The van der Waals surface area contributed by atoms with Crippen LogP contribution in [0.1, 0.15) is 15.9 Å². The Morgan fingerprint density at radius 2 is 1.81 bits per heavy atom. The van der Waals surface area contributed by atoms with E-state index in [9.17, 15) is 14.0 Å². The highest BCUT2D eigenvalue weighted by Gasteiger charge is 2.13. The number of fused-ring (bicyclic) bond motifs is 1. The molecule has 0 spiro atoms. The molecule has 0 atom stereocenters. The number of hydrogen-bond acceptors (Lipinski definition) is 5. The molecule has 0 radical (unpaired) electrons. The van der Waals surface area contributed by atoms with Gasteiger partial charge in [-0.2, -0.15) is 0 Å². The Kier molecular flexibility index (Phi) is 6.74. The minimum Gasteiger partial charge on any atom is -0.325 e. The van der Waals surface area contributed by atoms with Crippen molar-refractivity contribution >= 4 is 68.1 Å². The first kappa shape index (κ1) is 22.3. The van der Waals surface area contributed by atoms with Crippen LogP contribution in [0.3, 0.4) is 0 Å². The molecule has 0 saturated carbocycles. The van der Waals surface area contributed by atoms with E-state index in [0.717, 1.165) is 20.1 Å². The number of halogens is 2. The Morgan fingerprint density at radius 3 is 2.59 bits per heavy atom. The van der Waals surface area contributed by atoms with E-state index >= 15 is 0 Å². The van der Waals surface area contributed by atoms with Crippen molar-refractivity contribution in [3.8, 4) is 0 Å². The summed E-state index contributed by atoms with van der Waals surface area (Å²) in [6, 6.07) is 16.5. The number of thioether (sulfide) groups is 1. The van der Waals surface area contributed by atoms with Crippen LogP contribution in [-0.4, -0.2) is 22.6 Å². The molecule has 0 bridgehead atoms. The predicted molar refractivity (Wildman–Crippen MR) is 130 cm³/mol. The summed E-state index contributed by atoms with van der Waals surface area (Å²) in [6.07, 6.45) is 0. The van der Waals surface area contributed by atoms with Gasteiger partial charge in [0.2, 0.25) is 5.91 Å². The second-order valence-electron chi connectivity index (χ2n) is 6.90. The van der Waals surface area contributed by atoms with E-state index in [0.29, 0.717) is 16.4 Å². The summed E-state index contributed by atoms with van der Waals surface area (Å²) < 4.78 is 15.4. The lowest BCUT2D eigenvalue weighted by atomic mass is 10.2. The van der Waals surface area contributed by atoms with Crippen molar-refractivity contribution in [1.29, 1.82) is 0 Å². The molecule has 4 aromatic rings. The minimum atomic E-state index is -0.575. The number of nitrogens with zero attached hydrogens (tertiary/aromatic N) is 1. The quantitative estimate of drug-likeness (QED) is 0.311. The largest absolute Gasteiger partial charge is 0.325 e. The molecule has 0 unspecified atom stereocenters. The van der Waals surface area contributed by atoms with Crippen molar-refractivity contribution in [2.45, 2.75) is 11.3 Å². The topological polar surface area (TPSA) is 71.1 Å². The van der Waals surface area contributed by atoms with Gasteiger partial charge >= 0.3 is 0 Å². The number of benzene rings is 3. The molecule has 5 nitrogen and oxygen atoms in total. The van der Waals surface area contributed by atoms with E-state index in [1.807, 2.05) is 13.0 Å². The first-order valence-corrected chi connectivity index (χ1v) is 11.7. The number of carbonyl (C=O) groups excluding carboxylic acids is 2. The van der Waals surface area contributed by atoms with Crippen LogP contribution in [0.2, 0.25) is 5.02 Å². The van der Waals surface area contributed by atoms with Gasteiger partial charge in [-0.05, 0) is 55.0 Å². The predicted octanol–water partition coefficient (Wildman–Crippen LogP) is 6.38. The van der Waals surface area contributed by atoms with E-state index in [2.05, 4.69) is 15.6 Å². The lowest BCUT2D eigenvalue weighted by molar-refractivity contribution is -0.113. The average molecular weight is 486 g/mol. The Hall–Kier alpha value is -2.94. The first-order chi connectivity index (χ1) is 15.4. The molecule has 3 aromatic carbocycles. The van der Waals surface area contributed by atoms with Crippen LogP contribution < -0.4 is 10.6 Å². The van der Waals surface area contributed by atoms with Crippen LogP contribution in [0, 0.1) is 12.7 Å². The SMILES string of the molecule is Cc1ccc(NC(=O)CSc2nc3ccc(NC(=O)c4ccccc4F)cc3s2)cc1Cl. The number of aromatic nitrogens is 1. The number of rotatable bonds is 6. The smallest absolute Gasteiger partial charge is 0.258 e. The third kappa shape index (κ3) is 5.27. The van der Waals surface area contributed by atoms with E-state index in [-0.39, 0.29) is 17.2 Å². The highest BCUT2D eigenvalue weighted by Crippen LogP contribution is 2.31. The molecule has 32 heavy (non-hydrogen) atoms.